The summed E-state index contributed by atoms with van der Waals surface area (Å²) in [6.07, 6.45) is 0.411. The molecule has 1 heterocycles. The highest BCUT2D eigenvalue weighted by Gasteiger charge is 2.27. The van der Waals surface area contributed by atoms with Crippen LogP contribution in [0.2, 0.25) is 0 Å². The van der Waals surface area contributed by atoms with Crippen molar-refractivity contribution in [2.75, 3.05) is 20.3 Å². The molecule has 17 heavy (non-hydrogen) atoms. The van der Waals surface area contributed by atoms with Crippen molar-refractivity contribution in [1.82, 2.24) is 5.32 Å². The molecule has 96 valence electrons. The van der Waals surface area contributed by atoms with Gasteiger partial charge in [-0.2, -0.15) is 0 Å². The van der Waals surface area contributed by atoms with Crippen LogP contribution >= 0.6 is 15.9 Å². The molecule has 1 amide bonds. The Morgan fingerprint density at radius 2 is 2.35 bits per heavy atom. The lowest BCUT2D eigenvalue weighted by atomic mass is 9.99. The zero-order valence-corrected chi connectivity index (χ0v) is 11.4. The first-order valence-corrected chi connectivity index (χ1v) is 5.98. The Kier molecular flexibility index (Phi) is 5.17. The highest BCUT2D eigenvalue weighted by molar-refractivity contribution is 9.10. The summed E-state index contributed by atoms with van der Waals surface area (Å²) in [5, 5.41) is 11.8. The van der Waals surface area contributed by atoms with E-state index >= 15 is 0 Å². The summed E-state index contributed by atoms with van der Waals surface area (Å²) in [4.78, 5) is 11.9. The van der Waals surface area contributed by atoms with Crippen molar-refractivity contribution in [2.45, 2.75) is 18.9 Å². The Labute approximate surface area is 108 Å². The summed E-state index contributed by atoms with van der Waals surface area (Å²) < 4.78 is 10.7. The number of halogens is 1. The summed E-state index contributed by atoms with van der Waals surface area (Å²) >= 11 is 3.13. The van der Waals surface area contributed by atoms with Crippen molar-refractivity contribution in [3.8, 4) is 0 Å². The summed E-state index contributed by atoms with van der Waals surface area (Å²) in [5.74, 6) is -0.110. The van der Waals surface area contributed by atoms with E-state index in [1.165, 1.54) is 0 Å². The van der Waals surface area contributed by atoms with E-state index < -0.39 is 5.54 Å². The van der Waals surface area contributed by atoms with Crippen LogP contribution in [-0.2, 0) is 4.74 Å². The minimum Gasteiger partial charge on any atom is -0.444 e. The van der Waals surface area contributed by atoms with E-state index in [9.17, 15) is 4.79 Å². The number of ether oxygens (including phenoxy) is 1. The molecule has 0 aliphatic rings. The summed E-state index contributed by atoms with van der Waals surface area (Å²) in [7, 11) is 1.55. The number of aliphatic hydroxyl groups excluding tert-OH is 1. The molecule has 0 aromatic carbocycles. The van der Waals surface area contributed by atoms with E-state index in [4.69, 9.17) is 14.3 Å². The van der Waals surface area contributed by atoms with Crippen molar-refractivity contribution < 1.29 is 19.1 Å². The SMILES string of the molecule is COCC(C)(CCO)NC(=O)c1ccc(Br)o1. The Morgan fingerprint density at radius 3 is 2.82 bits per heavy atom. The van der Waals surface area contributed by atoms with Crippen LogP contribution in [0.15, 0.2) is 21.2 Å². The molecule has 0 saturated carbocycles. The molecule has 6 heteroatoms. The zero-order valence-electron chi connectivity index (χ0n) is 9.83. The molecular weight excluding hydrogens is 290 g/mol. The lowest BCUT2D eigenvalue weighted by Crippen LogP contribution is -2.49. The third-order valence-corrected chi connectivity index (χ3v) is 2.76. The van der Waals surface area contributed by atoms with Crippen LogP contribution in [0, 0.1) is 0 Å². The Morgan fingerprint density at radius 1 is 1.65 bits per heavy atom. The van der Waals surface area contributed by atoms with Gasteiger partial charge in [-0.05, 0) is 41.4 Å². The van der Waals surface area contributed by atoms with Gasteiger partial charge >= 0.3 is 0 Å². The van der Waals surface area contributed by atoms with Crippen LogP contribution in [0.4, 0.5) is 0 Å². The second-order valence-electron chi connectivity index (χ2n) is 4.03. The number of aliphatic hydroxyl groups is 1. The van der Waals surface area contributed by atoms with E-state index in [0.717, 1.165) is 0 Å². The van der Waals surface area contributed by atoms with E-state index in [2.05, 4.69) is 21.2 Å². The highest BCUT2D eigenvalue weighted by Crippen LogP contribution is 2.16. The molecule has 0 saturated heterocycles. The molecule has 1 aromatic heterocycles. The maximum Gasteiger partial charge on any atom is 0.287 e. The summed E-state index contributed by atoms with van der Waals surface area (Å²) in [6, 6.07) is 3.22. The standard InChI is InChI=1S/C11H16BrNO4/c1-11(5-6-14,7-16-2)13-10(15)8-3-4-9(12)17-8/h3-4,14H,5-7H2,1-2H3,(H,13,15). The normalized spacial score (nSPS) is 14.4. The smallest absolute Gasteiger partial charge is 0.287 e. The van der Waals surface area contributed by atoms with Crippen LogP contribution in [0.1, 0.15) is 23.9 Å². The Balaban J connectivity index is 2.70. The number of nitrogens with one attached hydrogen (secondary N) is 1. The van der Waals surface area contributed by atoms with E-state index in [0.29, 0.717) is 17.7 Å². The second-order valence-corrected chi connectivity index (χ2v) is 4.81. The average molecular weight is 306 g/mol. The van der Waals surface area contributed by atoms with Gasteiger partial charge in [-0.25, -0.2) is 0 Å². The Bertz CT molecular complexity index is 371. The summed E-state index contributed by atoms with van der Waals surface area (Å²) in [6.45, 7) is 2.10. The van der Waals surface area contributed by atoms with Gasteiger partial charge in [0.25, 0.3) is 5.91 Å². The summed E-state index contributed by atoms with van der Waals surface area (Å²) in [5.41, 5.74) is -0.611. The van der Waals surface area contributed by atoms with Crippen LogP contribution < -0.4 is 5.32 Å². The minimum atomic E-state index is -0.611. The molecule has 0 fully saturated rings. The fourth-order valence-corrected chi connectivity index (χ4v) is 1.81. The maximum atomic E-state index is 11.9. The number of carbonyl (C=O) groups is 1. The Hall–Kier alpha value is -0.850. The predicted molar refractivity (Wildman–Crippen MR) is 65.9 cm³/mol. The first-order valence-electron chi connectivity index (χ1n) is 5.18. The van der Waals surface area contributed by atoms with Gasteiger partial charge in [0.15, 0.2) is 10.4 Å². The number of methoxy groups -OCH3 is 1. The van der Waals surface area contributed by atoms with Crippen LogP contribution in [0.3, 0.4) is 0 Å². The van der Waals surface area contributed by atoms with E-state index in [1.807, 2.05) is 6.92 Å². The monoisotopic (exact) mass is 305 g/mol. The topological polar surface area (TPSA) is 71.7 Å². The van der Waals surface area contributed by atoms with Gasteiger partial charge < -0.3 is 19.6 Å². The number of carbonyl (C=O) groups excluding carboxylic acids is 1. The van der Waals surface area contributed by atoms with Gasteiger partial charge in [-0.15, -0.1) is 0 Å². The molecule has 1 rings (SSSR count). The highest BCUT2D eigenvalue weighted by atomic mass is 79.9. The van der Waals surface area contributed by atoms with Crippen molar-refractivity contribution in [3.05, 3.63) is 22.6 Å². The van der Waals surface area contributed by atoms with Gasteiger partial charge in [0.2, 0.25) is 0 Å². The second kappa shape index (κ2) is 6.18. The third kappa shape index (κ3) is 4.14. The van der Waals surface area contributed by atoms with E-state index in [1.54, 1.807) is 19.2 Å². The van der Waals surface area contributed by atoms with Gasteiger partial charge in [-0.3, -0.25) is 4.79 Å². The zero-order chi connectivity index (χ0) is 12.9. The number of rotatable bonds is 6. The molecule has 1 atom stereocenters. The largest absolute Gasteiger partial charge is 0.444 e. The van der Waals surface area contributed by atoms with Crippen molar-refractivity contribution in [2.24, 2.45) is 0 Å². The van der Waals surface area contributed by atoms with Crippen molar-refractivity contribution in [3.63, 3.8) is 0 Å². The van der Waals surface area contributed by atoms with E-state index in [-0.39, 0.29) is 18.3 Å². The van der Waals surface area contributed by atoms with Gasteiger partial charge in [0.1, 0.15) is 0 Å². The predicted octanol–water partition coefficient (Wildman–Crippen LogP) is 1.56. The minimum absolute atomic E-state index is 0.0258. The first-order chi connectivity index (χ1) is 8.00. The lowest BCUT2D eigenvalue weighted by molar-refractivity contribution is 0.0702. The number of amides is 1. The van der Waals surface area contributed by atoms with Crippen LogP contribution in [0.25, 0.3) is 0 Å². The number of furan rings is 1. The lowest BCUT2D eigenvalue weighted by Gasteiger charge is -2.28. The van der Waals surface area contributed by atoms with Gasteiger partial charge in [0.05, 0.1) is 12.1 Å². The molecule has 0 spiro atoms. The van der Waals surface area contributed by atoms with Crippen LogP contribution in [-0.4, -0.2) is 36.9 Å². The van der Waals surface area contributed by atoms with Gasteiger partial charge in [0, 0.05) is 13.7 Å². The quantitative estimate of drug-likeness (QED) is 0.836. The molecule has 5 nitrogen and oxygen atoms in total. The molecule has 2 N–H and O–H groups in total. The molecule has 0 aliphatic heterocycles. The molecular formula is C11H16BrNO4. The maximum absolute atomic E-state index is 11.9. The molecule has 1 aromatic rings. The van der Waals surface area contributed by atoms with Gasteiger partial charge in [-0.1, -0.05) is 0 Å². The fourth-order valence-electron chi connectivity index (χ4n) is 1.51. The number of hydrogen-bond donors (Lipinski definition) is 2. The van der Waals surface area contributed by atoms with Crippen molar-refractivity contribution >= 4 is 21.8 Å². The van der Waals surface area contributed by atoms with Crippen LogP contribution in [0.5, 0.6) is 0 Å². The first kappa shape index (κ1) is 14.2. The van der Waals surface area contributed by atoms with Crippen molar-refractivity contribution in [1.29, 1.82) is 0 Å². The fraction of sp³-hybridized carbons (Fsp3) is 0.545. The molecule has 0 radical (unpaired) electrons. The third-order valence-electron chi connectivity index (χ3n) is 2.34. The average Bonchev–Trinajstić information content (AvgIpc) is 2.65. The molecule has 0 aliphatic carbocycles. The number of hydrogen-bond acceptors (Lipinski definition) is 4. The molecule has 1 unspecified atom stereocenters. The molecule has 0 bridgehead atoms.